The lowest BCUT2D eigenvalue weighted by molar-refractivity contribution is 0.670. The molecule has 0 aliphatic carbocycles. The second-order valence-corrected chi connectivity index (χ2v) is 15.0. The molecule has 3 heterocycles. The van der Waals surface area contributed by atoms with E-state index in [1.54, 1.807) is 0 Å². The van der Waals surface area contributed by atoms with E-state index < -0.39 is 0 Å². The van der Waals surface area contributed by atoms with Crippen LogP contribution in [0, 0.1) is 0 Å². The van der Waals surface area contributed by atoms with E-state index in [0.29, 0.717) is 17.5 Å². The number of nitrogens with zero attached hydrogens (tertiary/aromatic N) is 4. The molecular weight excluding hydrogens is 677 g/mol. The monoisotopic (exact) mass is 712 g/mol. The number of aromatic nitrogens is 4. The van der Waals surface area contributed by atoms with E-state index in [1.165, 1.54) is 38.3 Å². The lowest BCUT2D eigenvalue weighted by Crippen LogP contribution is -2.42. The Morgan fingerprint density at radius 2 is 0.929 bits per heavy atom. The SMILES string of the molecule is Bc1c(B)c(-c2nc(-c3ccccc3)nc(-c3ccccc3)n2)c2c(oc3c(-n4c5ccccc5c5ccc(-c6ccccc6)cc54)c(B)c(B)c(B)c32)c1B. The number of hydrogen-bond donors (Lipinski definition) is 0. The van der Waals surface area contributed by atoms with Crippen molar-refractivity contribution >= 4 is 124 Å². The molecule has 0 spiro atoms. The van der Waals surface area contributed by atoms with Crippen molar-refractivity contribution in [1.29, 1.82) is 0 Å². The quantitative estimate of drug-likeness (QED) is 0.251. The molecule has 0 atom stereocenters. The summed E-state index contributed by atoms with van der Waals surface area (Å²) in [6, 6.07) is 46.5. The van der Waals surface area contributed by atoms with Crippen LogP contribution in [-0.2, 0) is 0 Å². The Hall–Kier alpha value is -6.46. The molecule has 0 radical (unpaired) electrons. The average molecular weight is 712 g/mol. The first-order chi connectivity index (χ1) is 27.3. The zero-order valence-corrected chi connectivity index (χ0v) is 32.4. The molecule has 0 aliphatic rings. The third-order valence-corrected chi connectivity index (χ3v) is 12.0. The van der Waals surface area contributed by atoms with Gasteiger partial charge in [-0.3, -0.25) is 0 Å². The molecule has 0 unspecified atom stereocenters. The van der Waals surface area contributed by atoms with E-state index in [0.717, 1.165) is 71.7 Å². The zero-order chi connectivity index (χ0) is 38.2. The van der Waals surface area contributed by atoms with Crippen LogP contribution in [0.1, 0.15) is 0 Å². The Balaban J connectivity index is 1.34. The fourth-order valence-electron chi connectivity index (χ4n) is 8.59. The van der Waals surface area contributed by atoms with Crippen LogP contribution in [0.5, 0.6) is 0 Å². The molecule has 10 rings (SSSR count). The highest BCUT2D eigenvalue weighted by Gasteiger charge is 2.28. The summed E-state index contributed by atoms with van der Waals surface area (Å²) in [5.74, 6) is 1.91. The minimum Gasteiger partial charge on any atom is -0.454 e. The van der Waals surface area contributed by atoms with E-state index in [-0.39, 0.29) is 0 Å². The largest absolute Gasteiger partial charge is 0.454 e. The highest BCUT2D eigenvalue weighted by atomic mass is 16.3. The van der Waals surface area contributed by atoms with Gasteiger partial charge in [-0.15, -0.1) is 0 Å². The maximum absolute atomic E-state index is 7.30. The van der Waals surface area contributed by atoms with Crippen molar-refractivity contribution in [2.45, 2.75) is 0 Å². The van der Waals surface area contributed by atoms with Crippen LogP contribution >= 0.6 is 0 Å². The Labute approximate surface area is 330 Å². The first-order valence-electron chi connectivity index (χ1n) is 19.2. The molecule has 0 fully saturated rings. The second kappa shape index (κ2) is 13.1. The van der Waals surface area contributed by atoms with Gasteiger partial charge in [0.05, 0.1) is 16.7 Å². The van der Waals surface area contributed by atoms with Gasteiger partial charge in [-0.05, 0) is 23.3 Å². The fraction of sp³-hybridized carbons (Fsp3) is 0. The van der Waals surface area contributed by atoms with E-state index in [4.69, 9.17) is 19.4 Å². The smallest absolute Gasteiger partial charge is 0.164 e. The third kappa shape index (κ3) is 5.14. The summed E-state index contributed by atoms with van der Waals surface area (Å²) in [5.41, 5.74) is 17.3. The van der Waals surface area contributed by atoms with Gasteiger partial charge in [-0.2, -0.15) is 0 Å². The number of para-hydroxylation sites is 1. The summed E-state index contributed by atoms with van der Waals surface area (Å²) in [4.78, 5) is 15.5. The molecule has 3 aromatic heterocycles. The number of fused-ring (bicyclic) bond motifs is 6. The van der Waals surface area contributed by atoms with Crippen LogP contribution in [0.3, 0.4) is 0 Å². The summed E-state index contributed by atoms with van der Waals surface area (Å²) in [7, 11) is 13.3. The first-order valence-corrected chi connectivity index (χ1v) is 19.2. The Morgan fingerprint density at radius 3 is 1.57 bits per heavy atom. The van der Waals surface area contributed by atoms with Crippen molar-refractivity contribution in [2.24, 2.45) is 0 Å². The Morgan fingerprint density at radius 1 is 0.393 bits per heavy atom. The molecule has 0 amide bonds. The van der Waals surface area contributed by atoms with Gasteiger partial charge in [-0.25, -0.2) is 15.0 Å². The molecule has 10 aromatic rings. The minimum absolute atomic E-state index is 0.634. The highest BCUT2D eigenvalue weighted by molar-refractivity contribution is 6.65. The third-order valence-electron chi connectivity index (χ3n) is 12.0. The lowest BCUT2D eigenvalue weighted by atomic mass is 9.67. The number of benzene rings is 7. The second-order valence-electron chi connectivity index (χ2n) is 15.0. The molecule has 0 saturated carbocycles. The first kappa shape index (κ1) is 34.1. The van der Waals surface area contributed by atoms with Crippen molar-refractivity contribution in [3.63, 3.8) is 0 Å². The molecule has 7 aromatic carbocycles. The van der Waals surface area contributed by atoms with Gasteiger partial charge in [-0.1, -0.05) is 154 Å². The standard InChI is InChI=1S/C45H34B6N4O/c46-34-32-31-33(45-53-43(24-14-6-2-7-15-24)52-44(54-45)25-16-8-3-9-17-25)35(47)37(49)39(51)41(31)56-42(32)40(38(50)36(34)48)55-29-19-11-10-18-27(29)28-21-20-26(22-30(28)55)23-12-4-1-5-13-23/h1-22H,46-51H2. The van der Waals surface area contributed by atoms with Crippen LogP contribution in [0.15, 0.2) is 138 Å². The van der Waals surface area contributed by atoms with E-state index in [2.05, 4.69) is 149 Å². The summed E-state index contributed by atoms with van der Waals surface area (Å²) >= 11 is 0. The van der Waals surface area contributed by atoms with Gasteiger partial charge in [0.15, 0.2) is 23.1 Å². The normalized spacial score (nSPS) is 11.6. The molecule has 56 heavy (non-hydrogen) atoms. The van der Waals surface area contributed by atoms with Gasteiger partial charge in [0, 0.05) is 38.2 Å². The Kier molecular flexibility index (Phi) is 7.96. The van der Waals surface area contributed by atoms with E-state index in [1.807, 2.05) is 36.4 Å². The van der Waals surface area contributed by atoms with Gasteiger partial charge < -0.3 is 8.98 Å². The van der Waals surface area contributed by atoms with Crippen molar-refractivity contribution in [3.8, 4) is 51.0 Å². The molecule has 0 N–H and O–H groups in total. The van der Waals surface area contributed by atoms with Crippen molar-refractivity contribution in [2.75, 3.05) is 0 Å². The molecule has 11 heteroatoms. The van der Waals surface area contributed by atoms with Crippen molar-refractivity contribution < 1.29 is 4.42 Å². The predicted octanol–water partition coefficient (Wildman–Crippen LogP) is 1.09. The molecule has 0 saturated heterocycles. The van der Waals surface area contributed by atoms with Gasteiger partial charge in [0.1, 0.15) is 52.7 Å². The van der Waals surface area contributed by atoms with Gasteiger partial charge >= 0.3 is 0 Å². The van der Waals surface area contributed by atoms with Gasteiger partial charge in [0.2, 0.25) is 0 Å². The summed E-state index contributed by atoms with van der Waals surface area (Å²) in [6.45, 7) is 0. The van der Waals surface area contributed by atoms with E-state index >= 15 is 0 Å². The van der Waals surface area contributed by atoms with Gasteiger partial charge in [0.25, 0.3) is 0 Å². The van der Waals surface area contributed by atoms with Crippen LogP contribution < -0.4 is 32.8 Å². The van der Waals surface area contributed by atoms with E-state index in [9.17, 15) is 0 Å². The number of hydrogen-bond acceptors (Lipinski definition) is 4. The summed E-state index contributed by atoms with van der Waals surface area (Å²) in [6.07, 6.45) is 0. The van der Waals surface area contributed by atoms with Crippen molar-refractivity contribution in [1.82, 2.24) is 19.5 Å². The van der Waals surface area contributed by atoms with Crippen LogP contribution in [-0.4, -0.2) is 66.6 Å². The molecule has 0 aliphatic heterocycles. The Bertz CT molecular complexity index is 3140. The maximum Gasteiger partial charge on any atom is 0.164 e. The number of rotatable bonds is 5. The number of furan rings is 1. The fourth-order valence-corrected chi connectivity index (χ4v) is 8.59. The van der Waals surface area contributed by atoms with Crippen LogP contribution in [0.25, 0.3) is 94.7 Å². The summed E-state index contributed by atoms with van der Waals surface area (Å²) < 4.78 is 9.74. The molecule has 258 valence electrons. The molecule has 0 bridgehead atoms. The predicted molar refractivity (Wildman–Crippen MR) is 252 cm³/mol. The topological polar surface area (TPSA) is 56.7 Å². The highest BCUT2D eigenvalue weighted by Crippen LogP contribution is 2.39. The zero-order valence-electron chi connectivity index (χ0n) is 32.4. The van der Waals surface area contributed by atoms with Crippen LogP contribution in [0.2, 0.25) is 0 Å². The maximum atomic E-state index is 7.30. The summed E-state index contributed by atoms with van der Waals surface area (Å²) in [5, 5.41) is 4.54. The van der Waals surface area contributed by atoms with Crippen LogP contribution in [0.4, 0.5) is 0 Å². The molecule has 5 nitrogen and oxygen atoms in total. The van der Waals surface area contributed by atoms with Crippen molar-refractivity contribution in [3.05, 3.63) is 133 Å². The lowest BCUT2D eigenvalue weighted by Gasteiger charge is -2.18. The molecular formula is C45H34B6N4O. The average Bonchev–Trinajstić information content (AvgIpc) is 3.79. The minimum atomic E-state index is 0.634.